The highest BCUT2D eigenvalue weighted by molar-refractivity contribution is 5.32. The number of hydrogen-bond donors (Lipinski definition) is 1. The van der Waals surface area contributed by atoms with E-state index in [0.29, 0.717) is 11.4 Å². The van der Waals surface area contributed by atoms with Crippen LogP contribution in [0.3, 0.4) is 0 Å². The van der Waals surface area contributed by atoms with Crippen molar-refractivity contribution < 1.29 is 9.50 Å². The van der Waals surface area contributed by atoms with Gasteiger partial charge in [0.1, 0.15) is 5.82 Å². The molecule has 0 aliphatic heterocycles. The van der Waals surface area contributed by atoms with Gasteiger partial charge in [0.05, 0.1) is 18.5 Å². The van der Waals surface area contributed by atoms with Gasteiger partial charge in [-0.05, 0) is 19.1 Å². The Morgan fingerprint density at radius 2 is 2.33 bits per heavy atom. The fourth-order valence-corrected chi connectivity index (χ4v) is 1.33. The molecule has 0 saturated heterocycles. The summed E-state index contributed by atoms with van der Waals surface area (Å²) in [5.74, 6) is -0.0151. The van der Waals surface area contributed by atoms with Gasteiger partial charge in [0, 0.05) is 11.8 Å². The second-order valence-electron chi connectivity index (χ2n) is 3.20. The molecule has 5 heteroatoms. The normalized spacial score (nSPS) is 10.6. The third-order valence-corrected chi connectivity index (χ3v) is 2.02. The third-order valence-electron chi connectivity index (χ3n) is 2.02. The van der Waals surface area contributed by atoms with Crippen molar-refractivity contribution in [3.05, 3.63) is 41.6 Å². The van der Waals surface area contributed by atoms with Gasteiger partial charge in [-0.25, -0.2) is 14.1 Å². The van der Waals surface area contributed by atoms with E-state index in [1.54, 1.807) is 6.20 Å². The number of rotatable bonds is 2. The summed E-state index contributed by atoms with van der Waals surface area (Å²) in [7, 11) is 0. The van der Waals surface area contributed by atoms with Crippen molar-refractivity contribution in [1.82, 2.24) is 14.8 Å². The Hall–Kier alpha value is -1.75. The highest BCUT2D eigenvalue weighted by atomic mass is 19.1. The average molecular weight is 207 g/mol. The molecular formula is C10H10FN3O. The first-order valence-corrected chi connectivity index (χ1v) is 4.48. The minimum Gasteiger partial charge on any atom is -0.392 e. The van der Waals surface area contributed by atoms with Crippen LogP contribution in [0.15, 0.2) is 24.5 Å². The largest absolute Gasteiger partial charge is 0.392 e. The molecule has 2 heterocycles. The van der Waals surface area contributed by atoms with E-state index in [0.717, 1.165) is 11.9 Å². The van der Waals surface area contributed by atoms with Gasteiger partial charge in [0.15, 0.2) is 5.82 Å². The van der Waals surface area contributed by atoms with Crippen LogP contribution < -0.4 is 0 Å². The molecule has 0 bridgehead atoms. The molecule has 0 aliphatic rings. The monoisotopic (exact) mass is 207 g/mol. The molecule has 0 atom stereocenters. The van der Waals surface area contributed by atoms with Gasteiger partial charge in [-0.15, -0.1) is 0 Å². The summed E-state index contributed by atoms with van der Waals surface area (Å²) in [6.07, 6.45) is 2.82. The Labute approximate surface area is 86.0 Å². The van der Waals surface area contributed by atoms with E-state index in [1.165, 1.54) is 10.7 Å². The summed E-state index contributed by atoms with van der Waals surface area (Å²) in [4.78, 5) is 3.90. The van der Waals surface area contributed by atoms with Gasteiger partial charge in [-0.1, -0.05) is 0 Å². The molecule has 2 aromatic rings. The van der Waals surface area contributed by atoms with Crippen molar-refractivity contribution >= 4 is 0 Å². The van der Waals surface area contributed by atoms with Crippen molar-refractivity contribution in [1.29, 1.82) is 0 Å². The Balaban J connectivity index is 2.52. The third kappa shape index (κ3) is 1.87. The van der Waals surface area contributed by atoms with E-state index in [2.05, 4.69) is 10.1 Å². The molecule has 78 valence electrons. The van der Waals surface area contributed by atoms with Crippen molar-refractivity contribution in [3.63, 3.8) is 0 Å². The van der Waals surface area contributed by atoms with E-state index >= 15 is 0 Å². The predicted octanol–water partition coefficient (Wildman–Crippen LogP) is 1.21. The quantitative estimate of drug-likeness (QED) is 0.805. The molecule has 0 radical (unpaired) electrons. The zero-order valence-corrected chi connectivity index (χ0v) is 8.18. The van der Waals surface area contributed by atoms with Gasteiger partial charge < -0.3 is 5.11 Å². The Kier molecular flexibility index (Phi) is 2.47. The van der Waals surface area contributed by atoms with Crippen LogP contribution in [0.2, 0.25) is 0 Å². The number of pyridine rings is 1. The Morgan fingerprint density at radius 1 is 1.53 bits per heavy atom. The number of aryl methyl sites for hydroxylation is 1. The lowest BCUT2D eigenvalue weighted by Gasteiger charge is -2.05. The lowest BCUT2D eigenvalue weighted by atomic mass is 10.2. The number of nitrogens with zero attached hydrogens (tertiary/aromatic N) is 3. The summed E-state index contributed by atoms with van der Waals surface area (Å²) >= 11 is 0. The van der Waals surface area contributed by atoms with Crippen LogP contribution in [-0.4, -0.2) is 19.9 Å². The van der Waals surface area contributed by atoms with Crippen LogP contribution in [0.4, 0.5) is 4.39 Å². The number of hydrogen-bond acceptors (Lipinski definition) is 3. The molecule has 4 nitrogen and oxygen atoms in total. The van der Waals surface area contributed by atoms with Crippen LogP contribution in [0.5, 0.6) is 0 Å². The topological polar surface area (TPSA) is 50.9 Å². The second kappa shape index (κ2) is 3.78. The number of aliphatic hydroxyl groups excluding tert-OH is 1. The fraction of sp³-hybridized carbons (Fsp3) is 0.200. The van der Waals surface area contributed by atoms with E-state index in [-0.39, 0.29) is 6.61 Å². The molecule has 2 rings (SSSR count). The van der Waals surface area contributed by atoms with Gasteiger partial charge in [0.2, 0.25) is 0 Å². The smallest absolute Gasteiger partial charge is 0.158 e. The maximum Gasteiger partial charge on any atom is 0.158 e. The van der Waals surface area contributed by atoms with Gasteiger partial charge >= 0.3 is 0 Å². The first kappa shape index (κ1) is 9.79. The molecule has 2 aromatic heterocycles. The lowest BCUT2D eigenvalue weighted by molar-refractivity contribution is 0.280. The predicted molar refractivity (Wildman–Crippen MR) is 52.0 cm³/mol. The SMILES string of the molecule is Cc1ccn(-c2ncc(F)cc2CO)n1. The molecule has 1 N–H and O–H groups in total. The van der Waals surface area contributed by atoms with Crippen LogP contribution >= 0.6 is 0 Å². The van der Waals surface area contributed by atoms with Crippen LogP contribution in [0.25, 0.3) is 5.82 Å². The van der Waals surface area contributed by atoms with Crippen LogP contribution in [-0.2, 0) is 6.61 Å². The van der Waals surface area contributed by atoms with Gasteiger partial charge in [-0.3, -0.25) is 0 Å². The van der Waals surface area contributed by atoms with E-state index < -0.39 is 5.82 Å². The zero-order valence-electron chi connectivity index (χ0n) is 8.18. The molecule has 0 amide bonds. The van der Waals surface area contributed by atoms with Gasteiger partial charge in [-0.2, -0.15) is 5.10 Å². The standard InChI is InChI=1S/C10H10FN3O/c1-7-2-3-14(13-7)10-8(6-15)4-9(11)5-12-10/h2-5,15H,6H2,1H3. The highest BCUT2D eigenvalue weighted by Crippen LogP contribution is 2.12. The molecule has 0 aliphatic carbocycles. The van der Waals surface area contributed by atoms with Crippen molar-refractivity contribution in [2.45, 2.75) is 13.5 Å². The summed E-state index contributed by atoms with van der Waals surface area (Å²) in [6, 6.07) is 3.06. The zero-order chi connectivity index (χ0) is 10.8. The van der Waals surface area contributed by atoms with Crippen molar-refractivity contribution in [3.8, 4) is 5.82 Å². The first-order valence-electron chi connectivity index (χ1n) is 4.48. The Bertz CT molecular complexity index is 481. The summed E-state index contributed by atoms with van der Waals surface area (Å²) in [5.41, 5.74) is 1.25. The maximum absolute atomic E-state index is 12.9. The Morgan fingerprint density at radius 3 is 2.93 bits per heavy atom. The van der Waals surface area contributed by atoms with E-state index in [9.17, 15) is 4.39 Å². The van der Waals surface area contributed by atoms with Gasteiger partial charge in [0.25, 0.3) is 0 Å². The molecule has 0 fully saturated rings. The van der Waals surface area contributed by atoms with Crippen molar-refractivity contribution in [2.75, 3.05) is 0 Å². The van der Waals surface area contributed by atoms with E-state index in [4.69, 9.17) is 5.11 Å². The van der Waals surface area contributed by atoms with Crippen LogP contribution in [0.1, 0.15) is 11.3 Å². The molecular weight excluding hydrogens is 197 g/mol. The summed E-state index contributed by atoms with van der Waals surface area (Å²) in [5, 5.41) is 13.2. The highest BCUT2D eigenvalue weighted by Gasteiger charge is 2.07. The second-order valence-corrected chi connectivity index (χ2v) is 3.20. The van der Waals surface area contributed by atoms with Crippen molar-refractivity contribution in [2.24, 2.45) is 0 Å². The average Bonchev–Trinajstić information content (AvgIpc) is 2.64. The minimum atomic E-state index is -0.466. The summed E-state index contributed by atoms with van der Waals surface area (Å²) < 4.78 is 14.4. The molecule has 0 unspecified atom stereocenters. The molecule has 0 spiro atoms. The first-order chi connectivity index (χ1) is 7.20. The van der Waals surface area contributed by atoms with E-state index in [1.807, 2.05) is 13.0 Å². The summed E-state index contributed by atoms with van der Waals surface area (Å²) in [6.45, 7) is 1.58. The number of halogens is 1. The number of aromatic nitrogens is 3. The molecule has 0 saturated carbocycles. The number of aliphatic hydroxyl groups is 1. The minimum absolute atomic E-state index is 0.265. The molecule has 15 heavy (non-hydrogen) atoms. The lowest BCUT2D eigenvalue weighted by Crippen LogP contribution is -2.04. The maximum atomic E-state index is 12.9. The van der Waals surface area contributed by atoms with Crippen LogP contribution in [0, 0.1) is 12.7 Å². The molecule has 0 aromatic carbocycles. The fourth-order valence-electron chi connectivity index (χ4n) is 1.33.